The molecule has 0 aliphatic carbocycles. The van der Waals surface area contributed by atoms with Crippen LogP contribution in [0.3, 0.4) is 0 Å². The van der Waals surface area contributed by atoms with E-state index >= 15 is 0 Å². The van der Waals surface area contributed by atoms with Crippen molar-refractivity contribution in [3.05, 3.63) is 79.9 Å². The Kier molecular flexibility index (Phi) is 3.69. The van der Waals surface area contributed by atoms with E-state index in [9.17, 15) is 20.2 Å². The molecule has 7 heteroatoms. The molecule has 1 aliphatic heterocycles. The van der Waals surface area contributed by atoms with E-state index in [4.69, 9.17) is 0 Å². The van der Waals surface area contributed by atoms with Crippen LogP contribution in [-0.2, 0) is 6.42 Å². The van der Waals surface area contributed by atoms with Gasteiger partial charge in [0.2, 0.25) is 0 Å². The minimum Gasteiger partial charge on any atom is -0.258 e. The molecule has 0 saturated heterocycles. The summed E-state index contributed by atoms with van der Waals surface area (Å²) in [6.45, 7) is 1.80. The molecule has 0 spiro atoms. The molecular formula is C16H15N3O4. The second kappa shape index (κ2) is 5.68. The average Bonchev–Trinajstić information content (AvgIpc) is 2.93. The van der Waals surface area contributed by atoms with Crippen molar-refractivity contribution in [1.82, 2.24) is 0 Å². The van der Waals surface area contributed by atoms with E-state index in [-0.39, 0.29) is 11.6 Å². The lowest BCUT2D eigenvalue weighted by Gasteiger charge is -2.23. The Labute approximate surface area is 132 Å². The normalized spacial score (nSPS) is 17.6. The highest BCUT2D eigenvalue weighted by Crippen LogP contribution is 2.40. The molecular weight excluding hydrogens is 298 g/mol. The Balaban J connectivity index is 2.02. The topological polar surface area (TPSA) is 89.5 Å². The van der Waals surface area contributed by atoms with Crippen LogP contribution in [0, 0.1) is 20.2 Å². The van der Waals surface area contributed by atoms with Gasteiger partial charge in [-0.1, -0.05) is 48.3 Å². The minimum atomic E-state index is -0.455. The van der Waals surface area contributed by atoms with E-state index < -0.39 is 16.0 Å². The highest BCUT2D eigenvalue weighted by atomic mass is 16.7. The zero-order chi connectivity index (χ0) is 16.6. The van der Waals surface area contributed by atoms with E-state index in [0.29, 0.717) is 17.7 Å². The number of anilines is 1. The molecule has 0 N–H and O–H groups in total. The second-order valence-corrected chi connectivity index (χ2v) is 5.59. The standard InChI is InChI=1S/C16H15N3O4/c1-11(13-7-3-5-9-15(13)18(20)21)16-10-12-6-2-4-8-14(12)17(16)19(22)23/h2-9,11,16H,10H2,1H3. The Hall–Kier alpha value is -2.96. The maximum Gasteiger partial charge on any atom is 0.272 e. The summed E-state index contributed by atoms with van der Waals surface area (Å²) in [4.78, 5) is 22.3. The Morgan fingerprint density at radius 2 is 1.74 bits per heavy atom. The van der Waals surface area contributed by atoms with Gasteiger partial charge in [-0.3, -0.25) is 10.1 Å². The van der Waals surface area contributed by atoms with Gasteiger partial charge >= 0.3 is 0 Å². The number of nitro groups is 2. The van der Waals surface area contributed by atoms with Crippen molar-refractivity contribution < 1.29 is 9.96 Å². The fourth-order valence-corrected chi connectivity index (χ4v) is 3.24. The number of hydrogen-bond acceptors (Lipinski definition) is 4. The Morgan fingerprint density at radius 1 is 1.09 bits per heavy atom. The number of benzene rings is 2. The van der Waals surface area contributed by atoms with Gasteiger partial charge in [0.1, 0.15) is 11.7 Å². The summed E-state index contributed by atoms with van der Waals surface area (Å²) in [5.74, 6) is -0.352. The second-order valence-electron chi connectivity index (χ2n) is 5.59. The van der Waals surface area contributed by atoms with Crippen LogP contribution in [0.4, 0.5) is 11.4 Å². The van der Waals surface area contributed by atoms with Crippen LogP contribution in [-0.4, -0.2) is 16.0 Å². The molecule has 2 unspecified atom stereocenters. The van der Waals surface area contributed by atoms with Crippen molar-refractivity contribution in [2.45, 2.75) is 25.3 Å². The van der Waals surface area contributed by atoms with Crippen molar-refractivity contribution in [1.29, 1.82) is 0 Å². The molecule has 1 heterocycles. The van der Waals surface area contributed by atoms with Gasteiger partial charge in [-0.05, 0) is 11.6 Å². The van der Waals surface area contributed by atoms with E-state index in [2.05, 4.69) is 0 Å². The number of hydrogen-bond donors (Lipinski definition) is 0. The number of fused-ring (bicyclic) bond motifs is 1. The molecule has 118 valence electrons. The monoisotopic (exact) mass is 313 g/mol. The van der Waals surface area contributed by atoms with Crippen molar-refractivity contribution in [2.24, 2.45) is 0 Å². The van der Waals surface area contributed by atoms with E-state index in [0.717, 1.165) is 10.6 Å². The molecule has 0 fully saturated rings. The smallest absolute Gasteiger partial charge is 0.258 e. The number of hydrazine groups is 1. The molecule has 3 rings (SSSR count). The fourth-order valence-electron chi connectivity index (χ4n) is 3.24. The van der Waals surface area contributed by atoms with Gasteiger partial charge < -0.3 is 0 Å². The van der Waals surface area contributed by atoms with Crippen LogP contribution >= 0.6 is 0 Å². The van der Waals surface area contributed by atoms with Crippen LogP contribution in [0.1, 0.15) is 24.0 Å². The maximum absolute atomic E-state index is 11.5. The molecule has 2 aromatic carbocycles. The zero-order valence-electron chi connectivity index (χ0n) is 12.5. The molecule has 1 aliphatic rings. The molecule has 2 aromatic rings. The van der Waals surface area contributed by atoms with Gasteiger partial charge in [-0.25, -0.2) is 10.1 Å². The average molecular weight is 313 g/mol. The van der Waals surface area contributed by atoms with Gasteiger partial charge in [0.25, 0.3) is 5.69 Å². The highest BCUT2D eigenvalue weighted by Gasteiger charge is 2.42. The van der Waals surface area contributed by atoms with Crippen molar-refractivity contribution in [2.75, 3.05) is 5.01 Å². The third-order valence-corrected chi connectivity index (χ3v) is 4.36. The van der Waals surface area contributed by atoms with Crippen molar-refractivity contribution in [3.8, 4) is 0 Å². The molecule has 0 radical (unpaired) electrons. The first-order valence-corrected chi connectivity index (χ1v) is 7.25. The van der Waals surface area contributed by atoms with Crippen LogP contribution in [0.25, 0.3) is 0 Å². The number of rotatable bonds is 4. The lowest BCUT2D eigenvalue weighted by atomic mass is 9.90. The summed E-state index contributed by atoms with van der Waals surface area (Å²) < 4.78 is 0. The van der Waals surface area contributed by atoms with Crippen LogP contribution in [0.2, 0.25) is 0 Å². The van der Waals surface area contributed by atoms with Crippen LogP contribution in [0.5, 0.6) is 0 Å². The molecule has 0 amide bonds. The molecule has 7 nitrogen and oxygen atoms in total. The SMILES string of the molecule is CC(c1ccccc1[N+](=O)[O-])C1Cc2ccccc2N1[N+](=O)[O-]. The summed E-state index contributed by atoms with van der Waals surface area (Å²) in [5.41, 5.74) is 1.97. The Bertz CT molecular complexity index is 777. The predicted molar refractivity (Wildman–Crippen MR) is 84.9 cm³/mol. The van der Waals surface area contributed by atoms with Crippen molar-refractivity contribution >= 4 is 11.4 Å². The highest BCUT2D eigenvalue weighted by molar-refractivity contribution is 5.58. The van der Waals surface area contributed by atoms with Gasteiger partial charge in [0.05, 0.1) is 4.92 Å². The molecule has 23 heavy (non-hydrogen) atoms. The van der Waals surface area contributed by atoms with Gasteiger partial charge in [0, 0.05) is 24.0 Å². The lowest BCUT2D eigenvalue weighted by molar-refractivity contribution is -0.499. The third-order valence-electron chi connectivity index (χ3n) is 4.36. The summed E-state index contributed by atoms with van der Waals surface area (Å²) in [6, 6.07) is 13.1. The van der Waals surface area contributed by atoms with Gasteiger partial charge in [-0.2, -0.15) is 0 Å². The first kappa shape index (κ1) is 15.0. The molecule has 0 aromatic heterocycles. The van der Waals surface area contributed by atoms with Gasteiger partial charge in [0.15, 0.2) is 5.03 Å². The van der Waals surface area contributed by atoms with Gasteiger partial charge in [-0.15, -0.1) is 0 Å². The first-order valence-electron chi connectivity index (χ1n) is 7.25. The number of para-hydroxylation sites is 2. The molecule has 0 bridgehead atoms. The van der Waals surface area contributed by atoms with Crippen LogP contribution in [0.15, 0.2) is 48.5 Å². The van der Waals surface area contributed by atoms with E-state index in [1.54, 1.807) is 37.3 Å². The van der Waals surface area contributed by atoms with Crippen LogP contribution < -0.4 is 5.01 Å². The quantitative estimate of drug-likeness (QED) is 0.638. The minimum absolute atomic E-state index is 0.000691. The Morgan fingerprint density at radius 3 is 2.43 bits per heavy atom. The largest absolute Gasteiger partial charge is 0.272 e. The fraction of sp³-hybridized carbons (Fsp3) is 0.250. The van der Waals surface area contributed by atoms with E-state index in [1.807, 2.05) is 12.1 Å². The lowest BCUT2D eigenvalue weighted by Crippen LogP contribution is -2.40. The van der Waals surface area contributed by atoms with E-state index in [1.165, 1.54) is 6.07 Å². The zero-order valence-corrected chi connectivity index (χ0v) is 12.5. The summed E-state index contributed by atoms with van der Waals surface area (Å²) >= 11 is 0. The van der Waals surface area contributed by atoms with Crippen molar-refractivity contribution in [3.63, 3.8) is 0 Å². The maximum atomic E-state index is 11.5. The number of nitrogens with zero attached hydrogens (tertiary/aromatic N) is 3. The molecule has 0 saturated carbocycles. The number of nitro benzene ring substituents is 1. The first-order chi connectivity index (χ1) is 11.0. The summed E-state index contributed by atoms with van der Waals surface area (Å²) in [5, 5.41) is 23.5. The summed E-state index contributed by atoms with van der Waals surface area (Å²) in [7, 11) is 0. The molecule has 2 atom stereocenters. The third kappa shape index (κ3) is 2.50. The predicted octanol–water partition coefficient (Wildman–Crippen LogP) is 3.32. The summed E-state index contributed by atoms with van der Waals surface area (Å²) in [6.07, 6.45) is 0.490.